The molecule has 0 amide bonds. The predicted octanol–water partition coefficient (Wildman–Crippen LogP) is 2.42. The molecule has 0 spiro atoms. The van der Waals surface area contributed by atoms with Crippen LogP contribution in [0.15, 0.2) is 36.5 Å². The van der Waals surface area contributed by atoms with Crippen LogP contribution in [0.4, 0.5) is 8.78 Å². The van der Waals surface area contributed by atoms with Crippen LogP contribution < -0.4 is 11.3 Å². The van der Waals surface area contributed by atoms with Gasteiger partial charge >= 0.3 is 0 Å². The molecule has 100 valence electrons. The minimum atomic E-state index is -0.856. The van der Waals surface area contributed by atoms with Crippen molar-refractivity contribution in [2.45, 2.75) is 19.4 Å². The van der Waals surface area contributed by atoms with Gasteiger partial charge in [-0.25, -0.2) is 8.78 Å². The van der Waals surface area contributed by atoms with Crippen LogP contribution in [0.5, 0.6) is 0 Å². The second-order valence-corrected chi connectivity index (χ2v) is 4.34. The van der Waals surface area contributed by atoms with Gasteiger partial charge in [0.05, 0.1) is 11.7 Å². The summed E-state index contributed by atoms with van der Waals surface area (Å²) in [7, 11) is 0. The van der Waals surface area contributed by atoms with Crippen LogP contribution in [0.25, 0.3) is 0 Å². The van der Waals surface area contributed by atoms with Crippen molar-refractivity contribution in [3.05, 3.63) is 65.0 Å². The number of benzene rings is 1. The van der Waals surface area contributed by atoms with Gasteiger partial charge in [0.2, 0.25) is 0 Å². The molecule has 5 heteroatoms. The molecule has 0 radical (unpaired) electrons. The largest absolute Gasteiger partial charge is 0.271 e. The average molecular weight is 263 g/mol. The summed E-state index contributed by atoms with van der Waals surface area (Å²) in [6.45, 7) is 1.90. The number of halogens is 2. The van der Waals surface area contributed by atoms with E-state index in [0.717, 1.165) is 17.3 Å². The van der Waals surface area contributed by atoms with E-state index < -0.39 is 11.6 Å². The van der Waals surface area contributed by atoms with Gasteiger partial charge in [0.25, 0.3) is 0 Å². The molecule has 0 aliphatic rings. The lowest BCUT2D eigenvalue weighted by Crippen LogP contribution is -2.31. The zero-order chi connectivity index (χ0) is 13.8. The van der Waals surface area contributed by atoms with Gasteiger partial charge in [0, 0.05) is 6.20 Å². The van der Waals surface area contributed by atoms with Gasteiger partial charge in [0.15, 0.2) is 11.6 Å². The van der Waals surface area contributed by atoms with Crippen molar-refractivity contribution in [2.24, 2.45) is 5.84 Å². The first kappa shape index (κ1) is 13.6. The summed E-state index contributed by atoms with van der Waals surface area (Å²) in [5.41, 5.74) is 4.55. The van der Waals surface area contributed by atoms with Crippen LogP contribution >= 0.6 is 0 Å². The Bertz CT molecular complexity index is 572. The van der Waals surface area contributed by atoms with E-state index in [1.165, 1.54) is 6.07 Å². The lowest BCUT2D eigenvalue weighted by Gasteiger charge is -2.17. The van der Waals surface area contributed by atoms with Gasteiger partial charge in [-0.1, -0.05) is 18.2 Å². The Balaban J connectivity index is 2.30. The molecule has 3 nitrogen and oxygen atoms in total. The molecular formula is C14H15F2N3. The second kappa shape index (κ2) is 5.86. The minimum Gasteiger partial charge on any atom is -0.271 e. The molecule has 0 saturated heterocycles. The number of hydrazine groups is 1. The van der Waals surface area contributed by atoms with Crippen LogP contribution in [0.2, 0.25) is 0 Å². The fourth-order valence-electron chi connectivity index (χ4n) is 2.02. The van der Waals surface area contributed by atoms with E-state index in [2.05, 4.69) is 10.4 Å². The van der Waals surface area contributed by atoms with Crippen molar-refractivity contribution in [1.82, 2.24) is 10.4 Å². The number of nitrogens with two attached hydrogens (primary N) is 1. The van der Waals surface area contributed by atoms with Crippen molar-refractivity contribution < 1.29 is 8.78 Å². The summed E-state index contributed by atoms with van der Waals surface area (Å²) in [5.74, 6) is 3.81. The third-order valence-electron chi connectivity index (χ3n) is 3.04. The molecule has 0 saturated carbocycles. The molecule has 0 bridgehead atoms. The van der Waals surface area contributed by atoms with Gasteiger partial charge < -0.3 is 0 Å². The highest BCUT2D eigenvalue weighted by molar-refractivity contribution is 5.26. The van der Waals surface area contributed by atoms with E-state index in [9.17, 15) is 8.78 Å². The van der Waals surface area contributed by atoms with Crippen LogP contribution in [-0.2, 0) is 6.42 Å². The van der Waals surface area contributed by atoms with E-state index in [1.54, 1.807) is 12.3 Å². The number of hydrogen-bond acceptors (Lipinski definition) is 3. The van der Waals surface area contributed by atoms with Crippen LogP contribution in [0.1, 0.15) is 22.9 Å². The van der Waals surface area contributed by atoms with E-state index in [-0.39, 0.29) is 18.0 Å². The Hall–Kier alpha value is -1.85. The normalized spacial score (nSPS) is 12.4. The first-order chi connectivity index (χ1) is 9.13. The van der Waals surface area contributed by atoms with Gasteiger partial charge in [-0.15, -0.1) is 0 Å². The zero-order valence-corrected chi connectivity index (χ0v) is 10.5. The molecule has 1 unspecified atom stereocenters. The summed E-state index contributed by atoms with van der Waals surface area (Å²) in [4.78, 5) is 4.24. The number of hydrogen-bond donors (Lipinski definition) is 2. The standard InChI is InChI=1S/C14H15F2N3/c1-9-4-3-7-18-14(9)12(19-17)8-10-5-2-6-11(15)13(10)16/h2-7,12,19H,8,17H2,1H3. The van der Waals surface area contributed by atoms with E-state index >= 15 is 0 Å². The monoisotopic (exact) mass is 263 g/mol. The molecule has 2 rings (SSSR count). The van der Waals surface area contributed by atoms with Gasteiger partial charge in [-0.05, 0) is 36.6 Å². The first-order valence-corrected chi connectivity index (χ1v) is 5.94. The molecule has 1 heterocycles. The highest BCUT2D eigenvalue weighted by atomic mass is 19.2. The molecule has 0 aliphatic heterocycles. The second-order valence-electron chi connectivity index (χ2n) is 4.34. The number of aromatic nitrogens is 1. The quantitative estimate of drug-likeness (QED) is 0.658. The van der Waals surface area contributed by atoms with E-state index in [0.29, 0.717) is 0 Å². The molecule has 2 aromatic rings. The lowest BCUT2D eigenvalue weighted by atomic mass is 10.00. The summed E-state index contributed by atoms with van der Waals surface area (Å²) in [6.07, 6.45) is 1.88. The molecule has 19 heavy (non-hydrogen) atoms. The van der Waals surface area contributed by atoms with E-state index in [4.69, 9.17) is 5.84 Å². The Kier molecular flexibility index (Phi) is 4.19. The predicted molar refractivity (Wildman–Crippen MR) is 69.1 cm³/mol. The summed E-state index contributed by atoms with van der Waals surface area (Å²) >= 11 is 0. The maximum atomic E-state index is 13.7. The summed E-state index contributed by atoms with van der Waals surface area (Å²) in [6, 6.07) is 7.46. The topological polar surface area (TPSA) is 50.9 Å². The molecule has 0 fully saturated rings. The Morgan fingerprint density at radius 3 is 2.74 bits per heavy atom. The van der Waals surface area contributed by atoms with Crippen molar-refractivity contribution in [1.29, 1.82) is 0 Å². The van der Waals surface area contributed by atoms with Crippen molar-refractivity contribution in [3.8, 4) is 0 Å². The van der Waals surface area contributed by atoms with Crippen LogP contribution in [-0.4, -0.2) is 4.98 Å². The molecule has 1 atom stereocenters. The maximum Gasteiger partial charge on any atom is 0.162 e. The highest BCUT2D eigenvalue weighted by Crippen LogP contribution is 2.21. The SMILES string of the molecule is Cc1cccnc1C(Cc1cccc(F)c1F)NN. The van der Waals surface area contributed by atoms with Gasteiger partial charge in [0.1, 0.15) is 0 Å². The van der Waals surface area contributed by atoms with Gasteiger partial charge in [-0.2, -0.15) is 0 Å². The Labute approximate surface area is 110 Å². The van der Waals surface area contributed by atoms with Gasteiger partial charge in [-0.3, -0.25) is 16.3 Å². The number of pyridine rings is 1. The van der Waals surface area contributed by atoms with Crippen LogP contribution in [0.3, 0.4) is 0 Å². The molecule has 1 aromatic carbocycles. The molecule has 1 aromatic heterocycles. The van der Waals surface area contributed by atoms with Crippen LogP contribution in [0, 0.1) is 18.6 Å². The maximum absolute atomic E-state index is 13.7. The smallest absolute Gasteiger partial charge is 0.162 e. The fraction of sp³-hybridized carbons (Fsp3) is 0.214. The summed E-state index contributed by atoms with van der Waals surface area (Å²) < 4.78 is 26.8. The highest BCUT2D eigenvalue weighted by Gasteiger charge is 2.17. The zero-order valence-electron chi connectivity index (χ0n) is 10.5. The molecule has 3 N–H and O–H groups in total. The van der Waals surface area contributed by atoms with Crippen molar-refractivity contribution >= 4 is 0 Å². The summed E-state index contributed by atoms with van der Waals surface area (Å²) in [5, 5.41) is 0. The Morgan fingerprint density at radius 1 is 1.26 bits per heavy atom. The third kappa shape index (κ3) is 2.94. The lowest BCUT2D eigenvalue weighted by molar-refractivity contribution is 0.477. The van der Waals surface area contributed by atoms with Crippen molar-refractivity contribution in [2.75, 3.05) is 0 Å². The fourth-order valence-corrected chi connectivity index (χ4v) is 2.02. The molecular weight excluding hydrogens is 248 g/mol. The number of rotatable bonds is 4. The number of nitrogens with zero attached hydrogens (tertiary/aromatic N) is 1. The number of aryl methyl sites for hydroxylation is 1. The van der Waals surface area contributed by atoms with Crippen molar-refractivity contribution in [3.63, 3.8) is 0 Å². The number of nitrogens with one attached hydrogen (secondary N) is 1. The molecule has 0 aliphatic carbocycles. The average Bonchev–Trinajstić information content (AvgIpc) is 2.41. The third-order valence-corrected chi connectivity index (χ3v) is 3.04. The Morgan fingerprint density at radius 2 is 2.05 bits per heavy atom. The minimum absolute atomic E-state index is 0.234. The first-order valence-electron chi connectivity index (χ1n) is 5.94. The van der Waals surface area contributed by atoms with E-state index in [1.807, 2.05) is 19.1 Å².